The highest BCUT2D eigenvalue weighted by Crippen LogP contribution is 2.38. The van der Waals surface area contributed by atoms with Crippen LogP contribution in [0.1, 0.15) is 91.3 Å². The van der Waals surface area contributed by atoms with Gasteiger partial charge in [-0.1, -0.05) is 77.9 Å². The van der Waals surface area contributed by atoms with Crippen molar-refractivity contribution in [2.75, 3.05) is 114 Å². The van der Waals surface area contributed by atoms with Crippen molar-refractivity contribution in [1.29, 1.82) is 0 Å². The molecular weight excluding hydrogens is 1160 g/mol. The molecule has 24 heteroatoms. The lowest BCUT2D eigenvalue weighted by molar-refractivity contribution is -0.140. The van der Waals surface area contributed by atoms with Crippen LogP contribution in [0.5, 0.6) is 0 Å². The lowest BCUT2D eigenvalue weighted by atomic mass is 10.0. The van der Waals surface area contributed by atoms with Crippen LogP contribution in [0.2, 0.25) is 0 Å². The van der Waals surface area contributed by atoms with Gasteiger partial charge in [0.2, 0.25) is 0 Å². The fraction of sp³-hybridized carbons (Fsp3) is 0.565. The number of rotatable bonds is 29. The highest BCUT2D eigenvalue weighted by molar-refractivity contribution is 7.62. The zero-order valence-corrected chi connectivity index (χ0v) is 56.8. The molecule has 86 heavy (non-hydrogen) atoms. The molecule has 0 aliphatic rings. The van der Waals surface area contributed by atoms with Crippen LogP contribution in [0.25, 0.3) is 0 Å². The van der Waals surface area contributed by atoms with E-state index in [1.807, 2.05) is 148 Å². The van der Waals surface area contributed by atoms with Crippen molar-refractivity contribution in [3.63, 3.8) is 0 Å². The fourth-order valence-corrected chi connectivity index (χ4v) is 10.8. The number of hydrogen-bond donors (Lipinski definition) is 4. The number of nitrogens with zero attached hydrogens (tertiary/aromatic N) is 5. The van der Waals surface area contributed by atoms with E-state index in [1.54, 1.807) is 33.4 Å². The molecule has 1 aromatic heterocycles. The predicted molar refractivity (Wildman–Crippen MR) is 349 cm³/mol. The van der Waals surface area contributed by atoms with Crippen LogP contribution < -0.4 is 31.1 Å². The first-order valence-electron chi connectivity index (χ1n) is 28.9. The molecule has 3 aromatic carbocycles. The predicted octanol–water partition coefficient (Wildman–Crippen LogP) is 11.5. The zero-order valence-electron chi connectivity index (χ0n) is 54.1. The molecule has 2 amide bonds. The number of nitrogens with one attached hydrogen (secondary N) is 2. The Labute approximate surface area is 512 Å². The van der Waals surface area contributed by atoms with Gasteiger partial charge in [0.1, 0.15) is 38.0 Å². The summed E-state index contributed by atoms with van der Waals surface area (Å²) < 4.78 is 52.3. The molecule has 4 rings (SSSR count). The van der Waals surface area contributed by atoms with Crippen molar-refractivity contribution < 1.29 is 61.8 Å². The molecule has 0 spiro atoms. The van der Waals surface area contributed by atoms with Crippen molar-refractivity contribution in [2.24, 2.45) is 23.5 Å². The maximum absolute atomic E-state index is 12.0. The summed E-state index contributed by atoms with van der Waals surface area (Å²) in [5.41, 5.74) is 11.1. The molecule has 0 aliphatic carbocycles. The van der Waals surface area contributed by atoms with E-state index in [9.17, 15) is 42.5 Å². The lowest BCUT2D eigenvalue weighted by Gasteiger charge is -2.21. The van der Waals surface area contributed by atoms with Gasteiger partial charge in [0, 0.05) is 88.7 Å². The number of carbonyl (C=O) groups excluding carboxylic acids is 5. The Hall–Kier alpha value is -6.26. The van der Waals surface area contributed by atoms with E-state index < -0.39 is 57.8 Å². The number of aromatic nitrogens is 2. The van der Waals surface area contributed by atoms with Crippen molar-refractivity contribution in [1.82, 2.24) is 20.2 Å². The molecule has 0 fully saturated rings. The maximum Gasteiger partial charge on any atom is 0.419 e. The molecule has 21 nitrogen and oxygen atoms in total. The summed E-state index contributed by atoms with van der Waals surface area (Å²) in [5.74, 6) is -1.07. The minimum absolute atomic E-state index is 0.00794. The average Bonchev–Trinajstić information content (AvgIpc) is 4.05. The molecule has 0 aliphatic heterocycles. The van der Waals surface area contributed by atoms with Crippen LogP contribution >= 0.6 is 21.4 Å². The number of hydrogen-bond acceptors (Lipinski definition) is 17. The standard InChI is InChI=1S/C20H33N2O4P.C19H31N2O5P.C17H24N3O3P.C6H13NO/c1-15(2)19(16(3)23)21-20(24)26-14-17-9-7-10-18(13-17)22(4)11-8-12-27(5,6)25;1-14(2)17(18(22)23)20-19(24)26-13-15-8-6-9-16(12-15)21(3)10-7-11-27(4,5)25;1-19(9-5-11-24(2,3)22)16-7-4-6-15(12-16)13-23-17(21)20-10-8-18-14-20;1-4(2)6(7)5(3)8/h7,9-10,13,15,19H,8,11-12,14H2,1-6H3,(H,21,24);6,8-9,12,14,17H,7,10-11,13H2,1-5H3,(H,20,24)(H,22,23);4,6-8,10,12,14H,5,9,11,13H2,1-3H3;4,6H,7H2,1-3H3. The van der Waals surface area contributed by atoms with E-state index in [2.05, 4.69) is 30.3 Å². The monoisotopic (exact) mass is 1260 g/mol. The normalized spacial score (nSPS) is 12.3. The third-order valence-corrected chi connectivity index (χ3v) is 17.4. The summed E-state index contributed by atoms with van der Waals surface area (Å²) >= 11 is 0. The number of Topliss-reactive ketones (excluding diaryl/α,β-unsaturated/α-hetero) is 2. The number of alkyl carbamates (subject to hydrolysis) is 2. The van der Waals surface area contributed by atoms with Gasteiger partial charge in [-0.25, -0.2) is 28.7 Å². The third-order valence-electron chi connectivity index (χ3n) is 13.2. The number of imidazole rings is 1. The summed E-state index contributed by atoms with van der Waals surface area (Å²) in [5, 5.41) is 14.1. The Morgan fingerprint density at radius 2 is 0.907 bits per heavy atom. The minimum Gasteiger partial charge on any atom is -0.480 e. The van der Waals surface area contributed by atoms with Crippen molar-refractivity contribution in [3.8, 4) is 0 Å². The van der Waals surface area contributed by atoms with Crippen LogP contribution in [0.4, 0.5) is 31.4 Å². The van der Waals surface area contributed by atoms with Gasteiger partial charge in [0.05, 0.1) is 33.5 Å². The second kappa shape index (κ2) is 38.8. The van der Waals surface area contributed by atoms with E-state index >= 15 is 0 Å². The SMILES string of the molecule is CC(=O)C(N)C(C)C.CC(=O)C(NC(=O)OCc1cccc(N(C)CCCP(C)(C)=O)c1)C(C)C.CC(C)C(NC(=O)OCc1cccc(N(C)CCCP(C)(C)=O)c1)C(=O)O.CN(CCCP(C)(C)=O)c1cccc(COC(=O)n2ccnc2)c1. The van der Waals surface area contributed by atoms with Crippen LogP contribution in [0.3, 0.4) is 0 Å². The molecular formula is C62H101N8O13P3. The average molecular weight is 1260 g/mol. The van der Waals surface area contributed by atoms with Gasteiger partial charge in [0.25, 0.3) is 0 Å². The molecule has 0 saturated heterocycles. The Bertz CT molecular complexity index is 2750. The highest BCUT2D eigenvalue weighted by atomic mass is 31.2. The molecule has 3 atom stereocenters. The number of carbonyl (C=O) groups is 6. The van der Waals surface area contributed by atoms with Crippen molar-refractivity contribution in [2.45, 2.75) is 113 Å². The summed E-state index contributed by atoms with van der Waals surface area (Å²) in [6.07, 6.45) is 7.48. The van der Waals surface area contributed by atoms with Gasteiger partial charge in [0.15, 0.2) is 5.78 Å². The summed E-state index contributed by atoms with van der Waals surface area (Å²) in [4.78, 5) is 78.9. The molecule has 5 N–H and O–H groups in total. The first kappa shape index (κ1) is 77.8. The van der Waals surface area contributed by atoms with Crippen LogP contribution in [-0.2, 0) is 62.1 Å². The number of carboxylic acids is 1. The summed E-state index contributed by atoms with van der Waals surface area (Å²) in [7, 11) is 0.00709. The maximum atomic E-state index is 12.0. The van der Waals surface area contributed by atoms with Crippen molar-refractivity contribution >= 4 is 74.3 Å². The Kier molecular flexibility index (Phi) is 35.1. The Morgan fingerprint density at radius 3 is 1.17 bits per heavy atom. The van der Waals surface area contributed by atoms with Gasteiger partial charge in [-0.05, 0) is 144 Å². The van der Waals surface area contributed by atoms with E-state index in [0.29, 0.717) is 6.16 Å². The van der Waals surface area contributed by atoms with Gasteiger partial charge in [-0.3, -0.25) is 9.59 Å². The highest BCUT2D eigenvalue weighted by Gasteiger charge is 2.25. The van der Waals surface area contributed by atoms with Gasteiger partial charge in [-0.15, -0.1) is 0 Å². The van der Waals surface area contributed by atoms with Gasteiger partial charge >= 0.3 is 24.2 Å². The zero-order chi connectivity index (χ0) is 65.5. The van der Waals surface area contributed by atoms with E-state index in [1.165, 1.54) is 30.9 Å². The Balaban J connectivity index is 0.000000606. The summed E-state index contributed by atoms with van der Waals surface area (Å²) in [6.45, 7) is 27.7. The topological polar surface area (TPSA) is 279 Å². The van der Waals surface area contributed by atoms with Gasteiger partial charge in [-0.2, -0.15) is 0 Å². The lowest BCUT2D eigenvalue weighted by Crippen LogP contribution is -2.44. The number of benzene rings is 3. The number of amides is 2. The Morgan fingerprint density at radius 1 is 0.558 bits per heavy atom. The van der Waals surface area contributed by atoms with Crippen LogP contribution in [0.15, 0.2) is 91.5 Å². The molecule has 0 saturated carbocycles. The number of ketones is 2. The first-order valence-corrected chi connectivity index (χ1v) is 37.3. The number of aliphatic carboxylic acids is 1. The molecule has 4 aromatic rings. The minimum atomic E-state index is -2.00. The third kappa shape index (κ3) is 34.8. The van der Waals surface area contributed by atoms with E-state index in [-0.39, 0.29) is 55.2 Å². The molecule has 482 valence electrons. The second-order valence-corrected chi connectivity index (χ2v) is 34.8. The fourth-order valence-electron chi connectivity index (χ4n) is 8.05. The largest absolute Gasteiger partial charge is 0.480 e. The smallest absolute Gasteiger partial charge is 0.419 e. The number of ether oxygens (including phenoxy) is 3. The number of anilines is 3. The summed E-state index contributed by atoms with van der Waals surface area (Å²) in [6, 6.07) is 21.4. The van der Waals surface area contributed by atoms with Gasteiger partial charge < -0.3 is 64.1 Å². The van der Waals surface area contributed by atoms with Crippen LogP contribution in [-0.4, -0.2) is 168 Å². The molecule has 0 bridgehead atoms. The second-order valence-electron chi connectivity index (χ2n) is 24.0. The number of nitrogens with two attached hydrogens (primary N) is 1. The molecule has 0 radical (unpaired) electrons. The van der Waals surface area contributed by atoms with Crippen molar-refractivity contribution in [3.05, 3.63) is 108 Å². The van der Waals surface area contributed by atoms with E-state index in [4.69, 9.17) is 25.1 Å². The molecule has 3 unspecified atom stereocenters. The quantitative estimate of drug-likeness (QED) is 0.0290. The van der Waals surface area contributed by atoms with E-state index in [0.717, 1.165) is 85.0 Å². The number of carboxylic acid groups (broad SMARTS) is 1. The van der Waals surface area contributed by atoms with Crippen LogP contribution in [0, 0.1) is 17.8 Å². The first-order chi connectivity index (χ1) is 39.9. The molecule has 1 heterocycles.